The van der Waals surface area contributed by atoms with Crippen LogP contribution in [0.3, 0.4) is 0 Å². The molecule has 0 heterocycles. The third-order valence-electron chi connectivity index (χ3n) is 3.03. The van der Waals surface area contributed by atoms with E-state index in [0.717, 1.165) is 16.4 Å². The van der Waals surface area contributed by atoms with E-state index in [1.165, 1.54) is 36.8 Å². The first kappa shape index (κ1) is 15.7. The molecule has 100 valence electrons. The molecule has 1 rings (SSSR count). The Kier molecular flexibility index (Phi) is 7.56. The van der Waals surface area contributed by atoms with Crippen LogP contribution in [0.25, 0.3) is 5.57 Å². The Balaban J connectivity index is 2.89. The largest absolute Gasteiger partial charge is 0.207 e. The average Bonchev–Trinajstić information content (AvgIpc) is 2.34. The first-order valence-corrected chi connectivity index (χ1v) is 7.91. The maximum Gasteiger partial charge on any atom is 0.124 e. The minimum absolute atomic E-state index is 0.147. The minimum Gasteiger partial charge on any atom is -0.207 e. The lowest BCUT2D eigenvalue weighted by atomic mass is 9.98. The van der Waals surface area contributed by atoms with Gasteiger partial charge in [-0.25, -0.2) is 4.39 Å². The molecule has 0 radical (unpaired) electrons. The Morgan fingerprint density at radius 2 is 1.94 bits per heavy atom. The summed E-state index contributed by atoms with van der Waals surface area (Å²) in [6.07, 6.45) is 9.42. The minimum atomic E-state index is -0.147. The molecule has 0 nitrogen and oxygen atoms in total. The van der Waals surface area contributed by atoms with E-state index < -0.39 is 0 Å². The van der Waals surface area contributed by atoms with E-state index in [1.807, 2.05) is 6.07 Å². The number of hydrogen-bond acceptors (Lipinski definition) is 0. The lowest BCUT2D eigenvalue weighted by Gasteiger charge is -2.10. The molecule has 0 saturated heterocycles. The van der Waals surface area contributed by atoms with Gasteiger partial charge in [-0.05, 0) is 65.1 Å². The van der Waals surface area contributed by atoms with Crippen LogP contribution in [-0.2, 0) is 0 Å². The molecular weight excluding hydrogens is 338 g/mol. The molecule has 0 aliphatic heterocycles. The number of halogens is 2. The van der Waals surface area contributed by atoms with Gasteiger partial charge in [0.2, 0.25) is 0 Å². The van der Waals surface area contributed by atoms with Crippen molar-refractivity contribution in [1.29, 1.82) is 0 Å². The van der Waals surface area contributed by atoms with Gasteiger partial charge in [-0.3, -0.25) is 0 Å². The van der Waals surface area contributed by atoms with Crippen molar-refractivity contribution in [2.24, 2.45) is 0 Å². The van der Waals surface area contributed by atoms with E-state index in [1.54, 1.807) is 12.1 Å². The maximum atomic E-state index is 13.1. The average molecular weight is 360 g/mol. The van der Waals surface area contributed by atoms with Gasteiger partial charge in [0.25, 0.3) is 0 Å². The SMILES string of the molecule is CCCC/C=C(\CCCC)c1ccc(F)cc1I. The fourth-order valence-electron chi connectivity index (χ4n) is 1.94. The monoisotopic (exact) mass is 360 g/mol. The standard InChI is InChI=1S/C16H22FI/c1-3-5-7-9-13(8-6-4-2)15-11-10-14(17)12-16(15)18/h9-12H,3-8H2,1-2H3/b13-9+. The van der Waals surface area contributed by atoms with Crippen LogP contribution in [0.1, 0.15) is 57.9 Å². The Morgan fingerprint density at radius 3 is 2.56 bits per heavy atom. The van der Waals surface area contributed by atoms with Crippen molar-refractivity contribution in [3.63, 3.8) is 0 Å². The number of allylic oxidation sites excluding steroid dienone is 2. The van der Waals surface area contributed by atoms with Gasteiger partial charge in [0.15, 0.2) is 0 Å². The van der Waals surface area contributed by atoms with Crippen molar-refractivity contribution in [3.8, 4) is 0 Å². The zero-order chi connectivity index (χ0) is 13.4. The van der Waals surface area contributed by atoms with Crippen molar-refractivity contribution in [1.82, 2.24) is 0 Å². The third kappa shape index (κ3) is 5.09. The Morgan fingerprint density at radius 1 is 1.22 bits per heavy atom. The summed E-state index contributed by atoms with van der Waals surface area (Å²) >= 11 is 2.23. The van der Waals surface area contributed by atoms with Crippen LogP contribution in [0.2, 0.25) is 0 Å². The van der Waals surface area contributed by atoms with Crippen LogP contribution < -0.4 is 0 Å². The summed E-state index contributed by atoms with van der Waals surface area (Å²) in [7, 11) is 0. The number of unbranched alkanes of at least 4 members (excludes halogenated alkanes) is 3. The first-order chi connectivity index (χ1) is 8.69. The van der Waals surface area contributed by atoms with Gasteiger partial charge in [-0.15, -0.1) is 0 Å². The molecule has 0 N–H and O–H groups in total. The van der Waals surface area contributed by atoms with Crippen LogP contribution in [0.4, 0.5) is 4.39 Å². The Hall–Kier alpha value is -0.380. The number of benzene rings is 1. The topological polar surface area (TPSA) is 0 Å². The van der Waals surface area contributed by atoms with Gasteiger partial charge in [-0.1, -0.05) is 45.3 Å². The van der Waals surface area contributed by atoms with Crippen LogP contribution in [-0.4, -0.2) is 0 Å². The molecule has 18 heavy (non-hydrogen) atoms. The zero-order valence-corrected chi connectivity index (χ0v) is 13.5. The van der Waals surface area contributed by atoms with Gasteiger partial charge in [0, 0.05) is 3.57 Å². The van der Waals surface area contributed by atoms with Crippen molar-refractivity contribution < 1.29 is 4.39 Å². The highest BCUT2D eigenvalue weighted by atomic mass is 127. The number of rotatable bonds is 7. The molecule has 1 aromatic rings. The van der Waals surface area contributed by atoms with Crippen molar-refractivity contribution in [3.05, 3.63) is 39.2 Å². The summed E-state index contributed by atoms with van der Waals surface area (Å²) in [4.78, 5) is 0. The molecule has 0 atom stereocenters. The smallest absolute Gasteiger partial charge is 0.124 e. The normalized spacial score (nSPS) is 11.9. The fourth-order valence-corrected chi connectivity index (χ4v) is 2.77. The first-order valence-electron chi connectivity index (χ1n) is 6.83. The number of hydrogen-bond donors (Lipinski definition) is 0. The Bertz CT molecular complexity index is 396. The summed E-state index contributed by atoms with van der Waals surface area (Å²) in [6.45, 7) is 4.42. The molecular formula is C16H22FI. The van der Waals surface area contributed by atoms with E-state index in [0.29, 0.717) is 0 Å². The molecule has 0 unspecified atom stereocenters. The molecule has 0 fully saturated rings. The molecule has 0 aliphatic carbocycles. The predicted molar refractivity (Wildman–Crippen MR) is 86.1 cm³/mol. The molecule has 0 aromatic heterocycles. The van der Waals surface area contributed by atoms with Crippen molar-refractivity contribution >= 4 is 28.2 Å². The quantitative estimate of drug-likeness (QED) is 0.401. The summed E-state index contributed by atoms with van der Waals surface area (Å²) in [5.41, 5.74) is 2.59. The van der Waals surface area contributed by atoms with E-state index >= 15 is 0 Å². The fraction of sp³-hybridized carbons (Fsp3) is 0.500. The second-order valence-corrected chi connectivity index (χ2v) is 5.76. The highest BCUT2D eigenvalue weighted by Gasteiger charge is 2.06. The van der Waals surface area contributed by atoms with Gasteiger partial charge >= 0.3 is 0 Å². The van der Waals surface area contributed by atoms with Crippen LogP contribution in [0, 0.1) is 9.39 Å². The van der Waals surface area contributed by atoms with Crippen molar-refractivity contribution in [2.75, 3.05) is 0 Å². The summed E-state index contributed by atoms with van der Waals surface area (Å²) in [6, 6.07) is 5.11. The van der Waals surface area contributed by atoms with Gasteiger partial charge in [0.05, 0.1) is 0 Å². The van der Waals surface area contributed by atoms with E-state index in [-0.39, 0.29) is 5.82 Å². The lowest BCUT2D eigenvalue weighted by Crippen LogP contribution is -1.91. The zero-order valence-electron chi connectivity index (χ0n) is 11.3. The highest BCUT2D eigenvalue weighted by Crippen LogP contribution is 2.27. The molecule has 0 spiro atoms. The summed E-state index contributed by atoms with van der Waals surface area (Å²) < 4.78 is 14.2. The molecule has 0 aliphatic rings. The van der Waals surface area contributed by atoms with Gasteiger partial charge in [0.1, 0.15) is 5.82 Å². The predicted octanol–water partition coefficient (Wildman–Crippen LogP) is 6.19. The molecule has 0 saturated carbocycles. The third-order valence-corrected chi connectivity index (χ3v) is 3.92. The van der Waals surface area contributed by atoms with Gasteiger partial charge in [-0.2, -0.15) is 0 Å². The molecule has 0 bridgehead atoms. The summed E-state index contributed by atoms with van der Waals surface area (Å²) in [5.74, 6) is -0.147. The van der Waals surface area contributed by atoms with E-state index in [4.69, 9.17) is 0 Å². The van der Waals surface area contributed by atoms with Crippen LogP contribution >= 0.6 is 22.6 Å². The van der Waals surface area contributed by atoms with Crippen LogP contribution in [0.15, 0.2) is 24.3 Å². The molecule has 0 amide bonds. The van der Waals surface area contributed by atoms with E-state index in [9.17, 15) is 4.39 Å². The second kappa shape index (κ2) is 8.68. The van der Waals surface area contributed by atoms with Crippen molar-refractivity contribution in [2.45, 2.75) is 52.4 Å². The van der Waals surface area contributed by atoms with Gasteiger partial charge < -0.3 is 0 Å². The molecule has 1 aromatic carbocycles. The van der Waals surface area contributed by atoms with E-state index in [2.05, 4.69) is 42.5 Å². The molecule has 2 heteroatoms. The van der Waals surface area contributed by atoms with Crippen LogP contribution in [0.5, 0.6) is 0 Å². The second-order valence-electron chi connectivity index (χ2n) is 4.60. The highest BCUT2D eigenvalue weighted by molar-refractivity contribution is 14.1. The maximum absolute atomic E-state index is 13.1. The Labute approximate surface area is 124 Å². The lowest BCUT2D eigenvalue weighted by molar-refractivity contribution is 0.626. The summed E-state index contributed by atoms with van der Waals surface area (Å²) in [5, 5.41) is 0.